The molecule has 0 aliphatic rings. The first-order chi connectivity index (χ1) is 10.3. The van der Waals surface area contributed by atoms with Gasteiger partial charge in [0.2, 0.25) is 11.8 Å². The van der Waals surface area contributed by atoms with Crippen LogP contribution in [0.25, 0.3) is 0 Å². The van der Waals surface area contributed by atoms with Crippen LogP contribution in [0.4, 0.5) is 8.78 Å². The number of carbonyl (C=O) groups excluding carboxylic acids is 2. The lowest BCUT2D eigenvalue weighted by molar-refractivity contribution is -0.132. The van der Waals surface area contributed by atoms with Crippen LogP contribution in [-0.4, -0.2) is 36.3 Å². The molecule has 0 radical (unpaired) electrons. The van der Waals surface area contributed by atoms with Gasteiger partial charge in [-0.25, -0.2) is 8.78 Å². The molecule has 0 bridgehead atoms. The molecule has 0 saturated heterocycles. The predicted molar refractivity (Wildman–Crippen MR) is 86.1 cm³/mol. The van der Waals surface area contributed by atoms with Crippen molar-refractivity contribution in [1.82, 2.24) is 10.2 Å². The minimum atomic E-state index is -0.863. The van der Waals surface area contributed by atoms with Gasteiger partial charge in [0.1, 0.15) is 11.6 Å². The third-order valence-corrected chi connectivity index (χ3v) is 3.49. The fourth-order valence-electron chi connectivity index (χ4n) is 1.99. The third-order valence-electron chi connectivity index (χ3n) is 3.49. The summed E-state index contributed by atoms with van der Waals surface area (Å²) >= 11 is 0. The molecule has 0 fully saturated rings. The molecular formula is C15H22ClF2N3O2. The van der Waals surface area contributed by atoms with Gasteiger partial charge < -0.3 is 16.0 Å². The van der Waals surface area contributed by atoms with Gasteiger partial charge in [-0.3, -0.25) is 9.59 Å². The van der Waals surface area contributed by atoms with E-state index in [1.807, 2.05) is 0 Å². The Morgan fingerprint density at radius 2 is 1.96 bits per heavy atom. The SMILES string of the molecule is CC(=O)NC(CC(=O)N(C)C(C)CN)c1ccc(F)cc1F.Cl. The van der Waals surface area contributed by atoms with Crippen LogP contribution in [0.5, 0.6) is 0 Å². The first-order valence-electron chi connectivity index (χ1n) is 6.94. The highest BCUT2D eigenvalue weighted by molar-refractivity contribution is 5.85. The van der Waals surface area contributed by atoms with Crippen LogP contribution in [0.1, 0.15) is 31.9 Å². The number of nitrogens with two attached hydrogens (primary N) is 1. The van der Waals surface area contributed by atoms with Crippen molar-refractivity contribution in [3.05, 3.63) is 35.4 Å². The second kappa shape index (κ2) is 9.42. The molecule has 0 saturated carbocycles. The topological polar surface area (TPSA) is 75.4 Å². The van der Waals surface area contributed by atoms with Crippen molar-refractivity contribution in [3.8, 4) is 0 Å². The summed E-state index contributed by atoms with van der Waals surface area (Å²) < 4.78 is 26.9. The highest BCUT2D eigenvalue weighted by atomic mass is 35.5. The zero-order valence-corrected chi connectivity index (χ0v) is 14.1. The number of likely N-dealkylation sites (N-methyl/N-ethyl adjacent to an activating group) is 1. The van der Waals surface area contributed by atoms with Crippen LogP contribution >= 0.6 is 12.4 Å². The Bertz CT molecular complexity index is 558. The number of amides is 2. The normalized spacial score (nSPS) is 12.8. The summed E-state index contributed by atoms with van der Waals surface area (Å²) in [6.07, 6.45) is -0.136. The van der Waals surface area contributed by atoms with Gasteiger partial charge in [-0.2, -0.15) is 0 Å². The van der Waals surface area contributed by atoms with Gasteiger partial charge in [0, 0.05) is 38.2 Å². The molecule has 130 valence electrons. The van der Waals surface area contributed by atoms with E-state index in [1.165, 1.54) is 17.9 Å². The molecule has 5 nitrogen and oxygen atoms in total. The molecule has 0 spiro atoms. The lowest BCUT2D eigenvalue weighted by Gasteiger charge is -2.26. The van der Waals surface area contributed by atoms with E-state index < -0.39 is 23.6 Å². The second-order valence-corrected chi connectivity index (χ2v) is 5.21. The first kappa shape index (κ1) is 21.3. The monoisotopic (exact) mass is 349 g/mol. The first-order valence-corrected chi connectivity index (χ1v) is 6.94. The highest BCUT2D eigenvalue weighted by Gasteiger charge is 2.24. The van der Waals surface area contributed by atoms with Crippen LogP contribution in [0.15, 0.2) is 18.2 Å². The molecule has 2 amide bonds. The van der Waals surface area contributed by atoms with Crippen LogP contribution in [0.2, 0.25) is 0 Å². The minimum Gasteiger partial charge on any atom is -0.349 e. The Labute approximate surface area is 140 Å². The predicted octanol–water partition coefficient (Wildman–Crippen LogP) is 1.76. The summed E-state index contributed by atoms with van der Waals surface area (Å²) in [4.78, 5) is 24.9. The van der Waals surface area contributed by atoms with Crippen molar-refractivity contribution in [3.63, 3.8) is 0 Å². The van der Waals surface area contributed by atoms with Gasteiger partial charge in [0.05, 0.1) is 12.5 Å². The maximum Gasteiger partial charge on any atom is 0.225 e. The summed E-state index contributed by atoms with van der Waals surface area (Å²) in [7, 11) is 1.59. The van der Waals surface area contributed by atoms with Crippen molar-refractivity contribution in [2.24, 2.45) is 5.73 Å². The molecule has 0 aliphatic heterocycles. The van der Waals surface area contributed by atoms with Crippen molar-refractivity contribution < 1.29 is 18.4 Å². The largest absolute Gasteiger partial charge is 0.349 e. The average Bonchev–Trinajstić information content (AvgIpc) is 2.44. The van der Waals surface area contributed by atoms with Crippen LogP contribution in [0, 0.1) is 11.6 Å². The summed E-state index contributed by atoms with van der Waals surface area (Å²) in [5, 5.41) is 2.52. The van der Waals surface area contributed by atoms with Crippen molar-refractivity contribution in [2.45, 2.75) is 32.4 Å². The zero-order chi connectivity index (χ0) is 16.9. The van der Waals surface area contributed by atoms with Gasteiger partial charge in [-0.15, -0.1) is 12.4 Å². The Hall–Kier alpha value is -1.73. The van der Waals surface area contributed by atoms with E-state index >= 15 is 0 Å². The molecule has 1 aromatic rings. The fourth-order valence-corrected chi connectivity index (χ4v) is 1.99. The van der Waals surface area contributed by atoms with Gasteiger partial charge in [0.25, 0.3) is 0 Å². The van der Waals surface area contributed by atoms with E-state index in [1.54, 1.807) is 14.0 Å². The maximum atomic E-state index is 13.9. The number of rotatable bonds is 6. The van der Waals surface area contributed by atoms with Crippen LogP contribution in [0.3, 0.4) is 0 Å². The fraction of sp³-hybridized carbons (Fsp3) is 0.467. The van der Waals surface area contributed by atoms with Gasteiger partial charge in [0.15, 0.2) is 0 Å². The van der Waals surface area contributed by atoms with Crippen LogP contribution in [-0.2, 0) is 9.59 Å². The average molecular weight is 350 g/mol. The molecule has 0 heterocycles. The second-order valence-electron chi connectivity index (χ2n) is 5.21. The Kier molecular flexibility index (Phi) is 8.71. The molecule has 2 unspecified atom stereocenters. The maximum absolute atomic E-state index is 13.9. The smallest absolute Gasteiger partial charge is 0.225 e. The number of benzene rings is 1. The van der Waals surface area contributed by atoms with Crippen molar-refractivity contribution >= 4 is 24.2 Å². The summed E-state index contributed by atoms with van der Waals surface area (Å²) in [5.74, 6) is -2.22. The Morgan fingerprint density at radius 3 is 2.43 bits per heavy atom. The van der Waals surface area contributed by atoms with Gasteiger partial charge >= 0.3 is 0 Å². The molecule has 23 heavy (non-hydrogen) atoms. The van der Waals surface area contributed by atoms with Crippen molar-refractivity contribution in [2.75, 3.05) is 13.6 Å². The Balaban J connectivity index is 0.00000484. The molecule has 8 heteroatoms. The van der Waals surface area contributed by atoms with E-state index in [0.29, 0.717) is 0 Å². The lowest BCUT2D eigenvalue weighted by Crippen LogP contribution is -2.41. The minimum absolute atomic E-state index is 0. The molecule has 0 aromatic heterocycles. The molecule has 2 atom stereocenters. The van der Waals surface area contributed by atoms with E-state index in [4.69, 9.17) is 5.73 Å². The molecule has 1 rings (SSSR count). The zero-order valence-electron chi connectivity index (χ0n) is 13.3. The van der Waals surface area contributed by atoms with Gasteiger partial charge in [-0.05, 0) is 13.0 Å². The molecule has 3 N–H and O–H groups in total. The molecular weight excluding hydrogens is 328 g/mol. The number of hydrogen-bond acceptors (Lipinski definition) is 3. The van der Waals surface area contributed by atoms with E-state index in [-0.39, 0.29) is 42.9 Å². The Morgan fingerprint density at radius 1 is 1.35 bits per heavy atom. The van der Waals surface area contributed by atoms with Crippen LogP contribution < -0.4 is 11.1 Å². The summed E-state index contributed by atoms with van der Waals surface area (Å²) in [5.41, 5.74) is 5.58. The van der Waals surface area contributed by atoms with E-state index in [9.17, 15) is 18.4 Å². The number of nitrogens with one attached hydrogen (secondary N) is 1. The van der Waals surface area contributed by atoms with E-state index in [2.05, 4.69) is 5.32 Å². The molecule has 0 aliphatic carbocycles. The number of hydrogen-bond donors (Lipinski definition) is 2. The quantitative estimate of drug-likeness (QED) is 0.821. The summed E-state index contributed by atoms with van der Waals surface area (Å²) in [6, 6.07) is 2.00. The third kappa shape index (κ3) is 6.11. The standard InChI is InChI=1S/C15H21F2N3O2.ClH/c1-9(8-18)20(3)15(22)7-14(19-10(2)21)12-5-4-11(16)6-13(12)17;/h4-6,9,14H,7-8,18H2,1-3H3,(H,19,21);1H. The summed E-state index contributed by atoms with van der Waals surface area (Å²) in [6.45, 7) is 3.34. The highest BCUT2D eigenvalue weighted by Crippen LogP contribution is 2.22. The number of carbonyl (C=O) groups is 2. The number of halogens is 3. The number of nitrogens with zero attached hydrogens (tertiary/aromatic N) is 1. The lowest BCUT2D eigenvalue weighted by atomic mass is 10.0. The van der Waals surface area contributed by atoms with E-state index in [0.717, 1.165) is 12.1 Å². The van der Waals surface area contributed by atoms with Gasteiger partial charge in [-0.1, -0.05) is 6.07 Å². The molecule has 1 aromatic carbocycles. The van der Waals surface area contributed by atoms with Crippen molar-refractivity contribution in [1.29, 1.82) is 0 Å².